The zero-order chi connectivity index (χ0) is 12.3. The fourth-order valence-corrected chi connectivity index (χ4v) is 2.84. The molecule has 1 fully saturated rings. The number of ketones is 1. The van der Waals surface area contributed by atoms with E-state index in [1.807, 2.05) is 13.0 Å². The van der Waals surface area contributed by atoms with Crippen molar-refractivity contribution in [3.63, 3.8) is 0 Å². The summed E-state index contributed by atoms with van der Waals surface area (Å²) in [5.41, 5.74) is 1.89. The van der Waals surface area contributed by atoms with Gasteiger partial charge in [0.15, 0.2) is 5.78 Å². The Morgan fingerprint density at radius 1 is 1.47 bits per heavy atom. The van der Waals surface area contributed by atoms with Crippen LogP contribution in [0.15, 0.2) is 18.5 Å². The van der Waals surface area contributed by atoms with Crippen LogP contribution < -0.4 is 0 Å². The predicted molar refractivity (Wildman–Crippen MR) is 69.0 cm³/mol. The van der Waals surface area contributed by atoms with E-state index in [2.05, 4.69) is 11.9 Å². The van der Waals surface area contributed by atoms with E-state index in [9.17, 15) is 4.79 Å². The van der Waals surface area contributed by atoms with Gasteiger partial charge < -0.3 is 0 Å². The molecule has 2 atom stereocenters. The highest BCUT2D eigenvalue weighted by Crippen LogP contribution is 2.33. The molecule has 1 aliphatic carbocycles. The van der Waals surface area contributed by atoms with Crippen LogP contribution in [0.5, 0.6) is 0 Å². The summed E-state index contributed by atoms with van der Waals surface area (Å²) in [5, 5.41) is 0. The molecule has 1 heterocycles. The van der Waals surface area contributed by atoms with Crippen molar-refractivity contribution in [1.82, 2.24) is 4.98 Å². The SMILES string of the molecule is CCC1CCCC(C(=O)c2cnccc2C)C1. The first-order valence-corrected chi connectivity index (χ1v) is 6.67. The van der Waals surface area contributed by atoms with E-state index >= 15 is 0 Å². The molecule has 0 aliphatic heterocycles. The number of carbonyl (C=O) groups excluding carboxylic acids is 1. The lowest BCUT2D eigenvalue weighted by molar-refractivity contribution is 0.0861. The first-order valence-electron chi connectivity index (χ1n) is 6.67. The van der Waals surface area contributed by atoms with Crippen molar-refractivity contribution >= 4 is 5.78 Å². The molecule has 1 aromatic rings. The van der Waals surface area contributed by atoms with E-state index in [0.717, 1.165) is 29.9 Å². The quantitative estimate of drug-likeness (QED) is 0.741. The minimum Gasteiger partial charge on any atom is -0.294 e. The van der Waals surface area contributed by atoms with Crippen molar-refractivity contribution in [2.45, 2.75) is 46.0 Å². The lowest BCUT2D eigenvalue weighted by Gasteiger charge is -2.27. The molecule has 1 saturated carbocycles. The fraction of sp³-hybridized carbons (Fsp3) is 0.600. The molecule has 0 radical (unpaired) electrons. The summed E-state index contributed by atoms with van der Waals surface area (Å²) >= 11 is 0. The Morgan fingerprint density at radius 3 is 3.00 bits per heavy atom. The highest BCUT2D eigenvalue weighted by molar-refractivity contribution is 5.98. The Kier molecular flexibility index (Phi) is 3.93. The maximum Gasteiger partial charge on any atom is 0.167 e. The molecule has 0 bridgehead atoms. The molecule has 1 aliphatic rings. The largest absolute Gasteiger partial charge is 0.294 e. The van der Waals surface area contributed by atoms with Crippen molar-refractivity contribution in [2.75, 3.05) is 0 Å². The van der Waals surface area contributed by atoms with Gasteiger partial charge in [0, 0.05) is 23.9 Å². The van der Waals surface area contributed by atoms with Gasteiger partial charge >= 0.3 is 0 Å². The number of nitrogens with zero attached hydrogens (tertiary/aromatic N) is 1. The molecule has 0 spiro atoms. The van der Waals surface area contributed by atoms with Gasteiger partial charge in [-0.1, -0.05) is 26.2 Å². The zero-order valence-electron chi connectivity index (χ0n) is 10.8. The monoisotopic (exact) mass is 231 g/mol. The molecular weight excluding hydrogens is 210 g/mol. The fourth-order valence-electron chi connectivity index (χ4n) is 2.84. The average molecular weight is 231 g/mol. The molecule has 0 N–H and O–H groups in total. The zero-order valence-corrected chi connectivity index (χ0v) is 10.8. The number of aryl methyl sites for hydroxylation is 1. The van der Waals surface area contributed by atoms with Crippen LogP contribution in [0.25, 0.3) is 0 Å². The molecule has 92 valence electrons. The Morgan fingerprint density at radius 2 is 2.29 bits per heavy atom. The first-order chi connectivity index (χ1) is 8.22. The van der Waals surface area contributed by atoms with Crippen LogP contribution in [0.1, 0.15) is 54.9 Å². The Bertz CT molecular complexity index is 400. The van der Waals surface area contributed by atoms with Crippen LogP contribution in [-0.2, 0) is 0 Å². The van der Waals surface area contributed by atoms with E-state index in [4.69, 9.17) is 0 Å². The number of aromatic nitrogens is 1. The van der Waals surface area contributed by atoms with Crippen LogP contribution in [0.4, 0.5) is 0 Å². The standard InChI is InChI=1S/C15H21NO/c1-3-12-5-4-6-13(9-12)15(17)14-10-16-8-7-11(14)2/h7-8,10,12-13H,3-6,9H2,1-2H3. The van der Waals surface area contributed by atoms with Gasteiger partial charge in [-0.2, -0.15) is 0 Å². The Balaban J connectivity index is 2.12. The lowest BCUT2D eigenvalue weighted by Crippen LogP contribution is -2.23. The maximum atomic E-state index is 12.4. The molecule has 17 heavy (non-hydrogen) atoms. The number of hydrogen-bond donors (Lipinski definition) is 0. The topological polar surface area (TPSA) is 30.0 Å². The first kappa shape index (κ1) is 12.3. The van der Waals surface area contributed by atoms with E-state index in [0.29, 0.717) is 5.78 Å². The molecular formula is C15H21NO. The van der Waals surface area contributed by atoms with Crippen LogP contribution in [0, 0.1) is 18.8 Å². The van der Waals surface area contributed by atoms with Crippen LogP contribution in [0.3, 0.4) is 0 Å². The van der Waals surface area contributed by atoms with Gasteiger partial charge in [0.05, 0.1) is 0 Å². The van der Waals surface area contributed by atoms with Crippen molar-refractivity contribution in [3.05, 3.63) is 29.6 Å². The van der Waals surface area contributed by atoms with Crippen molar-refractivity contribution in [1.29, 1.82) is 0 Å². The summed E-state index contributed by atoms with van der Waals surface area (Å²) < 4.78 is 0. The van der Waals surface area contributed by atoms with Gasteiger partial charge in [0.1, 0.15) is 0 Å². The van der Waals surface area contributed by atoms with Gasteiger partial charge in [-0.15, -0.1) is 0 Å². The van der Waals surface area contributed by atoms with Gasteiger partial charge in [-0.3, -0.25) is 9.78 Å². The summed E-state index contributed by atoms with van der Waals surface area (Å²) in [6, 6.07) is 1.92. The van der Waals surface area contributed by atoms with Crippen molar-refractivity contribution in [2.24, 2.45) is 11.8 Å². The van der Waals surface area contributed by atoms with Crippen LogP contribution in [0.2, 0.25) is 0 Å². The molecule has 1 aromatic heterocycles. The molecule has 2 nitrogen and oxygen atoms in total. The minimum atomic E-state index is 0.233. The summed E-state index contributed by atoms with van der Waals surface area (Å²) in [7, 11) is 0. The second-order valence-corrected chi connectivity index (χ2v) is 5.19. The third-order valence-electron chi connectivity index (χ3n) is 4.04. The molecule has 0 amide bonds. The van der Waals surface area contributed by atoms with Gasteiger partial charge in [-0.25, -0.2) is 0 Å². The Hall–Kier alpha value is -1.18. The smallest absolute Gasteiger partial charge is 0.167 e. The number of carbonyl (C=O) groups is 1. The van der Waals surface area contributed by atoms with E-state index in [1.165, 1.54) is 19.3 Å². The highest BCUT2D eigenvalue weighted by atomic mass is 16.1. The molecule has 0 saturated heterocycles. The van der Waals surface area contributed by atoms with Gasteiger partial charge in [0.2, 0.25) is 0 Å². The molecule has 0 aromatic carbocycles. The van der Waals surface area contributed by atoms with Gasteiger partial charge in [0.25, 0.3) is 0 Å². The molecule has 2 unspecified atom stereocenters. The van der Waals surface area contributed by atoms with Crippen LogP contribution in [-0.4, -0.2) is 10.8 Å². The van der Waals surface area contributed by atoms with E-state index < -0.39 is 0 Å². The molecule has 2 rings (SSSR count). The normalized spacial score (nSPS) is 24.6. The lowest BCUT2D eigenvalue weighted by atomic mass is 9.77. The number of rotatable bonds is 3. The minimum absolute atomic E-state index is 0.233. The third kappa shape index (κ3) is 2.74. The summed E-state index contributed by atoms with van der Waals surface area (Å²) in [5.74, 6) is 1.29. The third-order valence-corrected chi connectivity index (χ3v) is 4.04. The van der Waals surface area contributed by atoms with Crippen molar-refractivity contribution in [3.8, 4) is 0 Å². The number of pyridine rings is 1. The van der Waals surface area contributed by atoms with Crippen LogP contribution >= 0.6 is 0 Å². The number of hydrogen-bond acceptors (Lipinski definition) is 2. The maximum absolute atomic E-state index is 12.4. The average Bonchev–Trinajstić information content (AvgIpc) is 2.38. The summed E-state index contributed by atoms with van der Waals surface area (Å²) in [6.45, 7) is 4.22. The summed E-state index contributed by atoms with van der Waals surface area (Å²) in [4.78, 5) is 16.5. The van der Waals surface area contributed by atoms with Crippen molar-refractivity contribution < 1.29 is 4.79 Å². The van der Waals surface area contributed by atoms with E-state index in [-0.39, 0.29) is 5.92 Å². The molecule has 2 heteroatoms. The predicted octanol–water partition coefficient (Wildman–Crippen LogP) is 3.79. The second kappa shape index (κ2) is 5.44. The number of Topliss-reactive ketones (excluding diaryl/α,β-unsaturated/α-hetero) is 1. The highest BCUT2D eigenvalue weighted by Gasteiger charge is 2.27. The second-order valence-electron chi connectivity index (χ2n) is 5.19. The summed E-state index contributed by atoms with van der Waals surface area (Å²) in [6.07, 6.45) is 9.32. The Labute approximate surface area is 103 Å². The van der Waals surface area contributed by atoms with E-state index in [1.54, 1.807) is 12.4 Å². The van der Waals surface area contributed by atoms with Gasteiger partial charge in [-0.05, 0) is 37.3 Å².